The second-order valence-corrected chi connectivity index (χ2v) is 8.05. The van der Waals surface area contributed by atoms with E-state index in [1.807, 2.05) is 20.8 Å². The molecule has 0 aromatic carbocycles. The third-order valence-electron chi connectivity index (χ3n) is 5.48. The number of halogens is 3. The van der Waals surface area contributed by atoms with Crippen molar-refractivity contribution >= 4 is 5.91 Å². The molecule has 3 atom stereocenters. The highest BCUT2D eigenvalue weighted by Crippen LogP contribution is 2.33. The summed E-state index contributed by atoms with van der Waals surface area (Å²) in [6.07, 6.45) is -2.86. The number of rotatable bonds is 7. The van der Waals surface area contributed by atoms with Gasteiger partial charge in [0.25, 0.3) is 5.91 Å². The largest absolute Gasteiger partial charge is 0.491 e. The Morgan fingerprint density at radius 1 is 1.25 bits per heavy atom. The standard InChI is InChI=1S/C23H28F3N3O3/c1-5-18(32-20-10-8-16(12-27-20)23(24,25)26)17-11-14(3)13-29(17)22(30)21-19(31-6-2)9-7-15(4)28-21/h7-10,12,14,17-18H,5-6,11,13H2,1-4H3. The Balaban J connectivity index is 1.84. The van der Waals surface area contributed by atoms with Gasteiger partial charge in [0.15, 0.2) is 11.4 Å². The van der Waals surface area contributed by atoms with E-state index in [4.69, 9.17) is 9.47 Å². The van der Waals surface area contributed by atoms with Crippen LogP contribution in [0.2, 0.25) is 0 Å². The van der Waals surface area contributed by atoms with Gasteiger partial charge in [-0.25, -0.2) is 9.97 Å². The molecule has 9 heteroatoms. The second kappa shape index (κ2) is 9.75. The predicted octanol–water partition coefficient (Wildman–Crippen LogP) is 4.91. The van der Waals surface area contributed by atoms with E-state index in [-0.39, 0.29) is 29.4 Å². The number of carbonyl (C=O) groups excluding carboxylic acids is 1. The minimum atomic E-state index is -4.46. The van der Waals surface area contributed by atoms with Gasteiger partial charge in [-0.2, -0.15) is 13.2 Å². The summed E-state index contributed by atoms with van der Waals surface area (Å²) in [5.74, 6) is 0.525. The maximum atomic E-state index is 13.5. The first kappa shape index (κ1) is 23.8. The Kier molecular flexibility index (Phi) is 7.26. The van der Waals surface area contributed by atoms with Crippen molar-refractivity contribution in [3.05, 3.63) is 47.4 Å². The lowest BCUT2D eigenvalue weighted by molar-refractivity contribution is -0.137. The van der Waals surface area contributed by atoms with Crippen LogP contribution in [0.4, 0.5) is 13.2 Å². The molecule has 0 spiro atoms. The molecule has 0 radical (unpaired) electrons. The van der Waals surface area contributed by atoms with Crippen LogP contribution >= 0.6 is 0 Å². The van der Waals surface area contributed by atoms with E-state index < -0.39 is 17.8 Å². The maximum Gasteiger partial charge on any atom is 0.417 e. The lowest BCUT2D eigenvalue weighted by Crippen LogP contribution is -2.45. The van der Waals surface area contributed by atoms with Crippen LogP contribution in [-0.4, -0.2) is 46.1 Å². The Bertz CT molecular complexity index is 934. The van der Waals surface area contributed by atoms with Gasteiger partial charge in [0, 0.05) is 24.5 Å². The van der Waals surface area contributed by atoms with Gasteiger partial charge in [-0.3, -0.25) is 4.79 Å². The molecule has 3 rings (SSSR count). The normalized spacial score (nSPS) is 19.7. The summed E-state index contributed by atoms with van der Waals surface area (Å²) in [4.78, 5) is 23.5. The monoisotopic (exact) mass is 451 g/mol. The van der Waals surface area contributed by atoms with E-state index in [2.05, 4.69) is 16.9 Å². The Labute approximate surface area is 185 Å². The van der Waals surface area contributed by atoms with Crippen LogP contribution in [0.1, 0.15) is 55.4 Å². The van der Waals surface area contributed by atoms with Gasteiger partial charge >= 0.3 is 6.18 Å². The van der Waals surface area contributed by atoms with Crippen molar-refractivity contribution in [3.63, 3.8) is 0 Å². The van der Waals surface area contributed by atoms with Gasteiger partial charge in [0.2, 0.25) is 5.88 Å². The number of hydrogen-bond acceptors (Lipinski definition) is 5. The summed E-state index contributed by atoms with van der Waals surface area (Å²) in [5, 5.41) is 0. The highest BCUT2D eigenvalue weighted by Gasteiger charge is 2.40. The van der Waals surface area contributed by atoms with Crippen molar-refractivity contribution in [2.45, 2.75) is 58.9 Å². The number of likely N-dealkylation sites (tertiary alicyclic amines) is 1. The number of aromatic nitrogens is 2. The van der Waals surface area contributed by atoms with E-state index in [1.54, 1.807) is 17.0 Å². The molecule has 174 valence electrons. The molecule has 0 bridgehead atoms. The molecule has 1 saturated heterocycles. The van der Waals surface area contributed by atoms with Crippen LogP contribution in [0.3, 0.4) is 0 Å². The molecule has 32 heavy (non-hydrogen) atoms. The van der Waals surface area contributed by atoms with Crippen molar-refractivity contribution in [1.82, 2.24) is 14.9 Å². The van der Waals surface area contributed by atoms with E-state index >= 15 is 0 Å². The Morgan fingerprint density at radius 3 is 2.59 bits per heavy atom. The molecule has 1 amide bonds. The molecular formula is C23H28F3N3O3. The van der Waals surface area contributed by atoms with Gasteiger partial charge in [-0.15, -0.1) is 0 Å². The fraction of sp³-hybridized carbons (Fsp3) is 0.522. The number of carbonyl (C=O) groups is 1. The summed E-state index contributed by atoms with van der Waals surface area (Å²) in [7, 11) is 0. The smallest absolute Gasteiger partial charge is 0.417 e. The number of nitrogens with zero attached hydrogens (tertiary/aromatic N) is 3. The molecular weight excluding hydrogens is 423 g/mol. The average molecular weight is 451 g/mol. The fourth-order valence-electron chi connectivity index (χ4n) is 3.98. The first-order valence-corrected chi connectivity index (χ1v) is 10.7. The molecule has 2 aromatic rings. The first-order valence-electron chi connectivity index (χ1n) is 10.7. The minimum absolute atomic E-state index is 0.0977. The summed E-state index contributed by atoms with van der Waals surface area (Å²) >= 11 is 0. The SMILES string of the molecule is CCOc1ccc(C)nc1C(=O)N1CC(C)CC1C(CC)Oc1ccc(C(F)(F)F)cn1. The van der Waals surface area contributed by atoms with E-state index in [0.717, 1.165) is 12.3 Å². The van der Waals surface area contributed by atoms with Gasteiger partial charge in [0.05, 0.1) is 18.2 Å². The summed E-state index contributed by atoms with van der Waals surface area (Å²) in [6.45, 7) is 8.56. The Morgan fingerprint density at radius 2 is 2.00 bits per heavy atom. The van der Waals surface area contributed by atoms with Gasteiger partial charge in [0.1, 0.15) is 6.10 Å². The first-order chi connectivity index (χ1) is 15.1. The van der Waals surface area contributed by atoms with Crippen LogP contribution in [-0.2, 0) is 6.18 Å². The maximum absolute atomic E-state index is 13.5. The molecule has 0 aliphatic carbocycles. The van der Waals surface area contributed by atoms with Crippen LogP contribution < -0.4 is 9.47 Å². The molecule has 3 heterocycles. The van der Waals surface area contributed by atoms with E-state index in [1.165, 1.54) is 6.07 Å². The number of hydrogen-bond donors (Lipinski definition) is 0. The third kappa shape index (κ3) is 5.31. The summed E-state index contributed by atoms with van der Waals surface area (Å²) < 4.78 is 50.0. The quantitative estimate of drug-likeness (QED) is 0.599. The second-order valence-electron chi connectivity index (χ2n) is 8.05. The van der Waals surface area contributed by atoms with Crippen LogP contribution in [0, 0.1) is 12.8 Å². The van der Waals surface area contributed by atoms with Crippen molar-refractivity contribution in [2.24, 2.45) is 5.92 Å². The zero-order valence-electron chi connectivity index (χ0n) is 18.6. The zero-order valence-corrected chi connectivity index (χ0v) is 18.6. The number of pyridine rings is 2. The van der Waals surface area contributed by atoms with Crippen molar-refractivity contribution in [2.75, 3.05) is 13.2 Å². The van der Waals surface area contributed by atoms with Crippen molar-refractivity contribution in [3.8, 4) is 11.6 Å². The zero-order chi connectivity index (χ0) is 23.5. The lowest BCUT2D eigenvalue weighted by Gasteiger charge is -2.31. The van der Waals surface area contributed by atoms with Crippen molar-refractivity contribution < 1.29 is 27.4 Å². The molecule has 6 nitrogen and oxygen atoms in total. The minimum Gasteiger partial charge on any atom is -0.491 e. The average Bonchev–Trinajstić information content (AvgIpc) is 3.14. The molecule has 3 unspecified atom stereocenters. The topological polar surface area (TPSA) is 64.5 Å². The van der Waals surface area contributed by atoms with Crippen LogP contribution in [0.5, 0.6) is 11.6 Å². The Hall–Kier alpha value is -2.84. The highest BCUT2D eigenvalue weighted by molar-refractivity contribution is 5.95. The molecule has 1 aliphatic heterocycles. The number of alkyl halides is 3. The van der Waals surface area contributed by atoms with Crippen molar-refractivity contribution in [1.29, 1.82) is 0 Å². The summed E-state index contributed by atoms with van der Waals surface area (Å²) in [5.41, 5.74) is 0.129. The van der Waals surface area contributed by atoms with Crippen LogP contribution in [0.15, 0.2) is 30.5 Å². The van der Waals surface area contributed by atoms with Gasteiger partial charge in [-0.1, -0.05) is 13.8 Å². The molecule has 0 N–H and O–H groups in total. The van der Waals surface area contributed by atoms with Crippen LogP contribution in [0.25, 0.3) is 0 Å². The number of ether oxygens (including phenoxy) is 2. The van der Waals surface area contributed by atoms with Gasteiger partial charge < -0.3 is 14.4 Å². The van der Waals surface area contributed by atoms with Gasteiger partial charge in [-0.05, 0) is 50.8 Å². The lowest BCUT2D eigenvalue weighted by atomic mass is 10.0. The number of amides is 1. The van der Waals surface area contributed by atoms with E-state index in [0.29, 0.717) is 37.4 Å². The molecule has 2 aromatic heterocycles. The fourth-order valence-corrected chi connectivity index (χ4v) is 3.98. The molecule has 0 saturated carbocycles. The molecule has 1 fully saturated rings. The number of aryl methyl sites for hydroxylation is 1. The predicted molar refractivity (Wildman–Crippen MR) is 113 cm³/mol. The van der Waals surface area contributed by atoms with E-state index in [9.17, 15) is 18.0 Å². The third-order valence-corrected chi connectivity index (χ3v) is 5.48. The summed E-state index contributed by atoms with van der Waals surface area (Å²) in [6, 6.07) is 5.43. The highest BCUT2D eigenvalue weighted by atomic mass is 19.4. The molecule has 1 aliphatic rings.